The lowest BCUT2D eigenvalue weighted by molar-refractivity contribution is -0.116. The number of rotatable bonds is 11. The molecule has 0 spiro atoms. The van der Waals surface area contributed by atoms with Crippen molar-refractivity contribution in [2.45, 2.75) is 12.7 Å². The maximum absolute atomic E-state index is 14.0. The van der Waals surface area contributed by atoms with E-state index in [0.717, 1.165) is 11.1 Å². The molecule has 0 fully saturated rings. The van der Waals surface area contributed by atoms with E-state index in [0.29, 0.717) is 28.2 Å². The lowest BCUT2D eigenvalue weighted by atomic mass is 9.96. The van der Waals surface area contributed by atoms with Crippen molar-refractivity contribution in [2.24, 2.45) is 0 Å². The molecule has 0 aromatic heterocycles. The summed E-state index contributed by atoms with van der Waals surface area (Å²) in [5.74, 6) is 0.580. The Balaban J connectivity index is 1.80. The standard InChI is InChI=1S/C32H29F2NO5/c1-37-26-17-15-24(20-29(26)39-3)25(18-21-14-16-27(40-32(33)34)28(19-21)38-2)31(36)35-30(22-10-6-4-7-11-22)23-12-8-5-9-13-23/h4-20,30,32H,1-3H3,(H,35,36)/b25-18-. The molecule has 8 heteroatoms. The molecule has 4 aromatic carbocycles. The molecule has 0 heterocycles. The minimum absolute atomic E-state index is 0.104. The molecular weight excluding hydrogens is 516 g/mol. The van der Waals surface area contributed by atoms with Crippen LogP contribution < -0.4 is 24.3 Å². The van der Waals surface area contributed by atoms with Crippen LogP contribution in [-0.2, 0) is 4.79 Å². The fourth-order valence-corrected chi connectivity index (χ4v) is 4.28. The summed E-state index contributed by atoms with van der Waals surface area (Å²) in [4.78, 5) is 14.0. The summed E-state index contributed by atoms with van der Waals surface area (Å²) in [5.41, 5.74) is 3.21. The summed E-state index contributed by atoms with van der Waals surface area (Å²) in [6.07, 6.45) is 1.65. The van der Waals surface area contributed by atoms with Gasteiger partial charge in [-0.25, -0.2) is 0 Å². The van der Waals surface area contributed by atoms with Crippen LogP contribution >= 0.6 is 0 Å². The second-order valence-electron chi connectivity index (χ2n) is 8.64. The SMILES string of the molecule is COc1ccc(/C(=C/c2ccc(OC(F)F)c(OC)c2)C(=O)NC(c2ccccc2)c2ccccc2)cc1OC. The van der Waals surface area contributed by atoms with Gasteiger partial charge >= 0.3 is 6.61 Å². The van der Waals surface area contributed by atoms with E-state index in [9.17, 15) is 13.6 Å². The van der Waals surface area contributed by atoms with E-state index < -0.39 is 12.7 Å². The fourth-order valence-electron chi connectivity index (χ4n) is 4.28. The van der Waals surface area contributed by atoms with E-state index in [1.807, 2.05) is 60.7 Å². The number of ether oxygens (including phenoxy) is 4. The molecule has 6 nitrogen and oxygen atoms in total. The van der Waals surface area contributed by atoms with Gasteiger partial charge < -0.3 is 24.3 Å². The van der Waals surface area contributed by atoms with Crippen LogP contribution in [0.3, 0.4) is 0 Å². The van der Waals surface area contributed by atoms with Crippen molar-refractivity contribution < 1.29 is 32.5 Å². The molecule has 0 radical (unpaired) electrons. The molecule has 0 unspecified atom stereocenters. The van der Waals surface area contributed by atoms with Gasteiger partial charge in [-0.2, -0.15) is 8.78 Å². The zero-order valence-corrected chi connectivity index (χ0v) is 22.3. The highest BCUT2D eigenvalue weighted by atomic mass is 19.3. The Morgan fingerprint density at radius 3 is 1.80 bits per heavy atom. The Morgan fingerprint density at radius 1 is 0.700 bits per heavy atom. The van der Waals surface area contributed by atoms with Crippen molar-refractivity contribution in [3.63, 3.8) is 0 Å². The van der Waals surface area contributed by atoms with Gasteiger partial charge in [0.1, 0.15) is 0 Å². The second-order valence-corrected chi connectivity index (χ2v) is 8.64. The highest BCUT2D eigenvalue weighted by Crippen LogP contribution is 2.34. The molecule has 0 aliphatic heterocycles. The quantitative estimate of drug-likeness (QED) is 0.167. The molecule has 206 valence electrons. The summed E-state index contributed by atoms with van der Waals surface area (Å²) in [6.45, 7) is -3.00. The van der Waals surface area contributed by atoms with Crippen LogP contribution in [0.15, 0.2) is 97.1 Å². The van der Waals surface area contributed by atoms with E-state index in [1.54, 1.807) is 30.3 Å². The number of carbonyl (C=O) groups is 1. The third-order valence-electron chi connectivity index (χ3n) is 6.20. The van der Waals surface area contributed by atoms with Gasteiger partial charge in [-0.05, 0) is 52.6 Å². The van der Waals surface area contributed by atoms with Gasteiger partial charge in [0.15, 0.2) is 23.0 Å². The maximum atomic E-state index is 14.0. The van der Waals surface area contributed by atoms with Crippen molar-refractivity contribution in [3.05, 3.63) is 119 Å². The number of methoxy groups -OCH3 is 3. The monoisotopic (exact) mass is 545 g/mol. The lowest BCUT2D eigenvalue weighted by Crippen LogP contribution is -2.30. The highest BCUT2D eigenvalue weighted by molar-refractivity contribution is 6.24. The van der Waals surface area contributed by atoms with Gasteiger partial charge in [0.05, 0.1) is 27.4 Å². The first-order chi connectivity index (χ1) is 19.4. The predicted molar refractivity (Wildman–Crippen MR) is 150 cm³/mol. The largest absolute Gasteiger partial charge is 0.493 e. The molecule has 4 aromatic rings. The van der Waals surface area contributed by atoms with Crippen LogP contribution in [0.2, 0.25) is 0 Å². The molecule has 1 N–H and O–H groups in total. The zero-order chi connectivity index (χ0) is 28.5. The summed E-state index contributed by atoms with van der Waals surface area (Å²) in [5, 5.41) is 3.17. The Labute approximate surface area is 231 Å². The molecule has 0 atom stereocenters. The van der Waals surface area contributed by atoms with Gasteiger partial charge in [-0.3, -0.25) is 4.79 Å². The van der Waals surface area contributed by atoms with Gasteiger partial charge in [0.2, 0.25) is 0 Å². The molecule has 0 aliphatic carbocycles. The minimum Gasteiger partial charge on any atom is -0.493 e. The summed E-state index contributed by atoms with van der Waals surface area (Å²) in [7, 11) is 4.40. The Kier molecular flexibility index (Phi) is 9.35. The normalized spacial score (nSPS) is 11.3. The van der Waals surface area contributed by atoms with Crippen molar-refractivity contribution >= 4 is 17.6 Å². The van der Waals surface area contributed by atoms with Crippen molar-refractivity contribution in [1.82, 2.24) is 5.32 Å². The Bertz CT molecular complexity index is 1420. The summed E-state index contributed by atoms with van der Waals surface area (Å²) < 4.78 is 46.3. The van der Waals surface area contributed by atoms with E-state index in [1.165, 1.54) is 33.5 Å². The minimum atomic E-state index is -3.00. The fraction of sp³-hybridized carbons (Fsp3) is 0.156. The van der Waals surface area contributed by atoms with Crippen LogP contribution in [0.4, 0.5) is 8.78 Å². The smallest absolute Gasteiger partial charge is 0.387 e. The third kappa shape index (κ3) is 6.77. The van der Waals surface area contributed by atoms with Gasteiger partial charge in [0.25, 0.3) is 5.91 Å². The highest BCUT2D eigenvalue weighted by Gasteiger charge is 2.22. The van der Waals surface area contributed by atoms with E-state index in [4.69, 9.17) is 14.2 Å². The third-order valence-corrected chi connectivity index (χ3v) is 6.20. The number of amides is 1. The first kappa shape index (κ1) is 28.2. The van der Waals surface area contributed by atoms with E-state index in [-0.39, 0.29) is 17.4 Å². The first-order valence-corrected chi connectivity index (χ1v) is 12.4. The maximum Gasteiger partial charge on any atom is 0.387 e. The molecule has 0 bridgehead atoms. The number of hydrogen-bond acceptors (Lipinski definition) is 5. The van der Waals surface area contributed by atoms with Crippen LogP contribution in [0, 0.1) is 0 Å². The molecule has 0 saturated heterocycles. The molecule has 0 aliphatic rings. The Hall–Kier alpha value is -4.85. The number of hydrogen-bond donors (Lipinski definition) is 1. The average molecular weight is 546 g/mol. The van der Waals surface area contributed by atoms with E-state index >= 15 is 0 Å². The second kappa shape index (κ2) is 13.3. The number of nitrogens with one attached hydrogen (secondary N) is 1. The van der Waals surface area contributed by atoms with Crippen LogP contribution in [0.25, 0.3) is 11.6 Å². The molecule has 40 heavy (non-hydrogen) atoms. The van der Waals surface area contributed by atoms with Gasteiger partial charge in [-0.15, -0.1) is 0 Å². The number of alkyl halides is 2. The molecule has 0 saturated carbocycles. The number of halogens is 2. The van der Waals surface area contributed by atoms with Crippen LogP contribution in [-0.4, -0.2) is 33.8 Å². The van der Waals surface area contributed by atoms with Gasteiger partial charge in [0, 0.05) is 5.57 Å². The lowest BCUT2D eigenvalue weighted by Gasteiger charge is -2.21. The van der Waals surface area contributed by atoms with Gasteiger partial charge in [-0.1, -0.05) is 72.8 Å². The topological polar surface area (TPSA) is 66.0 Å². The first-order valence-electron chi connectivity index (χ1n) is 12.4. The van der Waals surface area contributed by atoms with E-state index in [2.05, 4.69) is 10.1 Å². The predicted octanol–water partition coefficient (Wildman–Crippen LogP) is 6.76. The summed E-state index contributed by atoms with van der Waals surface area (Å²) in [6, 6.07) is 28.5. The molecule has 1 amide bonds. The molecule has 4 rings (SSSR count). The average Bonchev–Trinajstić information content (AvgIpc) is 2.99. The Morgan fingerprint density at radius 2 is 1.25 bits per heavy atom. The van der Waals surface area contributed by atoms with Crippen molar-refractivity contribution in [3.8, 4) is 23.0 Å². The number of benzene rings is 4. The van der Waals surface area contributed by atoms with Crippen molar-refractivity contribution in [2.75, 3.05) is 21.3 Å². The van der Waals surface area contributed by atoms with Crippen LogP contribution in [0.5, 0.6) is 23.0 Å². The number of carbonyl (C=O) groups excluding carboxylic acids is 1. The van der Waals surface area contributed by atoms with Crippen LogP contribution in [0.1, 0.15) is 28.3 Å². The van der Waals surface area contributed by atoms with Crippen molar-refractivity contribution in [1.29, 1.82) is 0 Å². The zero-order valence-electron chi connectivity index (χ0n) is 22.3. The summed E-state index contributed by atoms with van der Waals surface area (Å²) >= 11 is 0. The molecular formula is C32H29F2NO5.